The van der Waals surface area contributed by atoms with E-state index in [4.69, 9.17) is 9.72 Å². The molecule has 1 amide bonds. The Morgan fingerprint density at radius 1 is 1.03 bits per heavy atom. The fraction of sp³-hybridized carbons (Fsp3) is 0.677. The van der Waals surface area contributed by atoms with Gasteiger partial charge in [0.05, 0.1) is 18.8 Å². The minimum Gasteiger partial charge on any atom is -0.380 e. The average molecular weight is 494 g/mol. The fourth-order valence-electron chi connectivity index (χ4n) is 5.37. The molecule has 1 saturated carbocycles. The molecule has 1 aliphatic carbocycles. The summed E-state index contributed by atoms with van der Waals surface area (Å²) in [6.07, 6.45) is 6.51. The highest BCUT2D eigenvalue weighted by Crippen LogP contribution is 2.35. The first-order valence-electron chi connectivity index (χ1n) is 13.9. The highest BCUT2D eigenvalue weighted by atomic mass is 16.5. The van der Waals surface area contributed by atoms with E-state index in [1.165, 1.54) is 32.1 Å². The van der Waals surface area contributed by atoms with Gasteiger partial charge in [-0.15, -0.1) is 0 Å². The van der Waals surface area contributed by atoms with Crippen LogP contribution in [0.1, 0.15) is 108 Å². The van der Waals surface area contributed by atoms with Crippen molar-refractivity contribution in [1.82, 2.24) is 14.9 Å². The van der Waals surface area contributed by atoms with E-state index in [9.17, 15) is 4.79 Å². The van der Waals surface area contributed by atoms with E-state index >= 15 is 0 Å². The Hall–Kier alpha value is -2.14. The van der Waals surface area contributed by atoms with Crippen molar-refractivity contribution >= 4 is 5.91 Å². The maximum atomic E-state index is 13.4. The second-order valence-electron chi connectivity index (χ2n) is 13.8. The third-order valence-corrected chi connectivity index (χ3v) is 8.01. The summed E-state index contributed by atoms with van der Waals surface area (Å²) in [7, 11) is 0. The largest absolute Gasteiger partial charge is 0.380 e. The second-order valence-corrected chi connectivity index (χ2v) is 13.8. The Morgan fingerprint density at radius 2 is 1.61 bits per heavy atom. The van der Waals surface area contributed by atoms with Gasteiger partial charge in [0, 0.05) is 57.7 Å². The summed E-state index contributed by atoms with van der Waals surface area (Å²) in [6, 6.07) is 6.62. The Bertz CT molecular complexity index is 1060. The summed E-state index contributed by atoms with van der Waals surface area (Å²) in [4.78, 5) is 18.5. The minimum atomic E-state index is -0.0632. The first-order chi connectivity index (χ1) is 16.8. The number of rotatable bonds is 6. The molecule has 0 atom stereocenters. The van der Waals surface area contributed by atoms with Crippen molar-refractivity contribution in [2.75, 3.05) is 19.8 Å². The molecule has 5 nitrogen and oxygen atoms in total. The topological polar surface area (TPSA) is 56.1 Å². The molecule has 5 heteroatoms. The monoisotopic (exact) mass is 493 g/mol. The van der Waals surface area contributed by atoms with E-state index in [1.807, 2.05) is 0 Å². The molecule has 1 aliphatic heterocycles. The number of ether oxygens (including phenoxy) is 1. The zero-order valence-electron chi connectivity index (χ0n) is 23.9. The third kappa shape index (κ3) is 5.88. The highest BCUT2D eigenvalue weighted by Gasteiger charge is 2.34. The zero-order chi connectivity index (χ0) is 26.3. The van der Waals surface area contributed by atoms with Gasteiger partial charge in [-0.2, -0.15) is 0 Å². The number of carbonyl (C=O) groups is 1. The number of pyridine rings is 1. The summed E-state index contributed by atoms with van der Waals surface area (Å²) in [5.74, 6) is 0.682. The van der Waals surface area contributed by atoms with Gasteiger partial charge in [-0.25, -0.2) is 0 Å². The normalized spacial score (nSPS) is 18.7. The van der Waals surface area contributed by atoms with Crippen molar-refractivity contribution in [3.8, 4) is 11.3 Å². The zero-order valence-corrected chi connectivity index (χ0v) is 23.9. The van der Waals surface area contributed by atoms with Crippen LogP contribution < -0.4 is 5.32 Å². The van der Waals surface area contributed by atoms with E-state index in [0.29, 0.717) is 25.7 Å². The maximum absolute atomic E-state index is 13.4. The van der Waals surface area contributed by atoms with Gasteiger partial charge in [0.1, 0.15) is 0 Å². The van der Waals surface area contributed by atoms with Crippen molar-refractivity contribution in [3.63, 3.8) is 0 Å². The van der Waals surface area contributed by atoms with Crippen molar-refractivity contribution in [2.24, 2.45) is 11.3 Å². The molecule has 0 unspecified atom stereocenters. The molecule has 2 aromatic heterocycles. The third-order valence-electron chi connectivity index (χ3n) is 8.01. The van der Waals surface area contributed by atoms with Gasteiger partial charge < -0.3 is 14.6 Å². The van der Waals surface area contributed by atoms with Crippen molar-refractivity contribution < 1.29 is 9.53 Å². The van der Waals surface area contributed by atoms with Crippen LogP contribution in [0.5, 0.6) is 0 Å². The predicted octanol–water partition coefficient (Wildman–Crippen LogP) is 6.80. The smallest absolute Gasteiger partial charge is 0.253 e. The van der Waals surface area contributed by atoms with Crippen LogP contribution in [0, 0.1) is 18.3 Å². The Labute approximate surface area is 218 Å². The van der Waals surface area contributed by atoms with E-state index < -0.39 is 0 Å². The quantitative estimate of drug-likeness (QED) is 0.481. The predicted molar refractivity (Wildman–Crippen MR) is 148 cm³/mol. The lowest BCUT2D eigenvalue weighted by molar-refractivity contribution is -0.0978. The Kier molecular flexibility index (Phi) is 7.45. The molecule has 4 rings (SSSR count). The van der Waals surface area contributed by atoms with Crippen LogP contribution in [-0.2, 0) is 22.1 Å². The molecule has 3 heterocycles. The highest BCUT2D eigenvalue weighted by molar-refractivity contribution is 5.97. The average Bonchev–Trinajstić information content (AvgIpc) is 3.11. The molecule has 1 N–H and O–H groups in total. The van der Waals surface area contributed by atoms with E-state index in [-0.39, 0.29) is 22.2 Å². The van der Waals surface area contributed by atoms with Crippen LogP contribution in [0.3, 0.4) is 0 Å². The van der Waals surface area contributed by atoms with Gasteiger partial charge in [-0.05, 0) is 43.9 Å². The van der Waals surface area contributed by atoms with Gasteiger partial charge >= 0.3 is 0 Å². The van der Waals surface area contributed by atoms with Crippen molar-refractivity contribution in [1.29, 1.82) is 0 Å². The first-order valence-corrected chi connectivity index (χ1v) is 13.9. The minimum absolute atomic E-state index is 0.0189. The molecule has 0 bridgehead atoms. The van der Waals surface area contributed by atoms with Gasteiger partial charge in [0.25, 0.3) is 5.91 Å². The van der Waals surface area contributed by atoms with Crippen LogP contribution in [-0.4, -0.2) is 35.2 Å². The van der Waals surface area contributed by atoms with Gasteiger partial charge in [0.2, 0.25) is 0 Å². The van der Waals surface area contributed by atoms with Crippen LogP contribution in [0.4, 0.5) is 0 Å². The first kappa shape index (κ1) is 26.9. The van der Waals surface area contributed by atoms with E-state index in [2.05, 4.69) is 83.5 Å². The second kappa shape index (κ2) is 9.96. The lowest BCUT2D eigenvalue weighted by Gasteiger charge is -2.38. The molecule has 1 saturated heterocycles. The summed E-state index contributed by atoms with van der Waals surface area (Å²) in [6.45, 7) is 20.7. The van der Waals surface area contributed by atoms with Gasteiger partial charge in [-0.1, -0.05) is 67.7 Å². The Morgan fingerprint density at radius 3 is 2.11 bits per heavy atom. The molecule has 2 fully saturated rings. The summed E-state index contributed by atoms with van der Waals surface area (Å²) in [5, 5.41) is 3.20. The Balaban J connectivity index is 1.77. The van der Waals surface area contributed by atoms with Crippen molar-refractivity contribution in [2.45, 2.75) is 105 Å². The number of aromatic nitrogens is 2. The molecule has 36 heavy (non-hydrogen) atoms. The SMILES string of the molecule is Cc1c(C(=O)NCC2(C)COC2)cc(-c2cc(C(C)(C)C)nc(C(C)(C)C)c2)n1CC1CCCCC1. The number of carbonyl (C=O) groups excluding carboxylic acids is 1. The maximum Gasteiger partial charge on any atom is 0.253 e. The molecule has 0 spiro atoms. The molecule has 0 radical (unpaired) electrons. The molecular formula is C31H47N3O2. The van der Waals surface area contributed by atoms with Gasteiger partial charge in [0.15, 0.2) is 0 Å². The number of hydrogen-bond acceptors (Lipinski definition) is 3. The number of amides is 1. The molecular weight excluding hydrogens is 446 g/mol. The van der Waals surface area contributed by atoms with Crippen LogP contribution in [0.25, 0.3) is 11.3 Å². The summed E-state index contributed by atoms with van der Waals surface area (Å²) in [5.41, 5.74) is 6.26. The number of nitrogens with zero attached hydrogens (tertiary/aromatic N) is 2. The number of hydrogen-bond donors (Lipinski definition) is 1. The van der Waals surface area contributed by atoms with Crippen LogP contribution >= 0.6 is 0 Å². The fourth-order valence-corrected chi connectivity index (χ4v) is 5.37. The van der Waals surface area contributed by atoms with Crippen molar-refractivity contribution in [3.05, 3.63) is 40.8 Å². The lowest BCUT2D eigenvalue weighted by Crippen LogP contribution is -2.48. The molecule has 2 aliphatic rings. The van der Waals surface area contributed by atoms with Crippen LogP contribution in [0.2, 0.25) is 0 Å². The summed E-state index contributed by atoms with van der Waals surface area (Å²) >= 11 is 0. The lowest BCUT2D eigenvalue weighted by atomic mass is 9.86. The standard InChI is InChI=1S/C31H47N3O2/c1-21-24(28(35)32-18-31(8)19-36-20-31)16-25(34(21)17-22-12-10-9-11-13-22)23-14-26(29(2,3)4)33-27(15-23)30(5,6)7/h14-16,22H,9-13,17-20H2,1-8H3,(H,32,35). The summed E-state index contributed by atoms with van der Waals surface area (Å²) < 4.78 is 7.80. The molecule has 0 aromatic carbocycles. The van der Waals surface area contributed by atoms with E-state index in [1.54, 1.807) is 0 Å². The van der Waals surface area contributed by atoms with Crippen LogP contribution in [0.15, 0.2) is 18.2 Å². The van der Waals surface area contributed by atoms with E-state index in [0.717, 1.165) is 40.4 Å². The molecule has 198 valence electrons. The number of nitrogens with one attached hydrogen (secondary N) is 1. The van der Waals surface area contributed by atoms with Gasteiger partial charge in [-0.3, -0.25) is 9.78 Å². The molecule has 2 aromatic rings.